The predicted molar refractivity (Wildman–Crippen MR) is 113 cm³/mol. The molecular formula is C21H23N5O5. The number of hydrogen-bond donors (Lipinski definition) is 2. The smallest absolute Gasteiger partial charge is 0.261 e. The Morgan fingerprint density at radius 1 is 1.13 bits per heavy atom. The summed E-state index contributed by atoms with van der Waals surface area (Å²) in [6.45, 7) is 1.61. The summed E-state index contributed by atoms with van der Waals surface area (Å²) in [6.07, 6.45) is 4.55. The molecule has 0 fully saturated rings. The maximum Gasteiger partial charge on any atom is 0.261 e. The van der Waals surface area contributed by atoms with Crippen LogP contribution in [0, 0.1) is 0 Å². The number of nitrogens with one attached hydrogen (secondary N) is 2. The van der Waals surface area contributed by atoms with Crippen molar-refractivity contribution in [2.24, 2.45) is 0 Å². The van der Waals surface area contributed by atoms with E-state index >= 15 is 0 Å². The number of hydrogen-bond acceptors (Lipinski definition) is 7. The second-order valence-electron chi connectivity index (χ2n) is 6.76. The van der Waals surface area contributed by atoms with Crippen molar-refractivity contribution in [2.75, 3.05) is 14.2 Å². The number of methoxy groups -OCH3 is 2. The molecule has 0 spiro atoms. The van der Waals surface area contributed by atoms with E-state index in [0.717, 1.165) is 5.56 Å². The molecule has 3 rings (SSSR count). The Balaban J connectivity index is 1.66. The minimum absolute atomic E-state index is 0.280. The first-order chi connectivity index (χ1) is 14.9. The van der Waals surface area contributed by atoms with Gasteiger partial charge >= 0.3 is 0 Å². The number of nitrogens with zero attached hydrogens (tertiary/aromatic N) is 3. The fourth-order valence-corrected chi connectivity index (χ4v) is 2.95. The van der Waals surface area contributed by atoms with Gasteiger partial charge in [0.05, 0.1) is 31.4 Å². The Labute approximate surface area is 178 Å². The van der Waals surface area contributed by atoms with Crippen molar-refractivity contribution in [2.45, 2.75) is 26.1 Å². The van der Waals surface area contributed by atoms with Crippen LogP contribution >= 0.6 is 0 Å². The summed E-state index contributed by atoms with van der Waals surface area (Å²) in [6, 6.07) is 5.91. The molecule has 31 heavy (non-hydrogen) atoms. The lowest BCUT2D eigenvalue weighted by atomic mass is 10.2. The van der Waals surface area contributed by atoms with Gasteiger partial charge in [-0.25, -0.2) is 4.98 Å². The highest BCUT2D eigenvalue weighted by atomic mass is 16.5. The van der Waals surface area contributed by atoms with Crippen molar-refractivity contribution < 1.29 is 19.1 Å². The first-order valence-corrected chi connectivity index (χ1v) is 9.50. The Morgan fingerprint density at radius 3 is 2.48 bits per heavy atom. The zero-order valence-corrected chi connectivity index (χ0v) is 17.4. The molecule has 2 amide bonds. The normalized spacial score (nSPS) is 11.6. The van der Waals surface area contributed by atoms with Crippen LogP contribution in [0.5, 0.6) is 11.5 Å². The fraction of sp³-hybridized carbons (Fsp3) is 0.286. The van der Waals surface area contributed by atoms with Crippen LogP contribution < -0.4 is 25.7 Å². The average molecular weight is 425 g/mol. The number of amides is 2. The fourth-order valence-electron chi connectivity index (χ4n) is 2.95. The average Bonchev–Trinajstić information content (AvgIpc) is 2.79. The van der Waals surface area contributed by atoms with Gasteiger partial charge in [0.25, 0.3) is 5.56 Å². The highest BCUT2D eigenvalue weighted by Gasteiger charge is 2.17. The van der Waals surface area contributed by atoms with E-state index < -0.39 is 17.5 Å². The number of fused-ring (bicyclic) bond motifs is 1. The number of carbonyl (C=O) groups is 2. The van der Waals surface area contributed by atoms with Crippen molar-refractivity contribution in [1.82, 2.24) is 25.2 Å². The van der Waals surface area contributed by atoms with Gasteiger partial charge in [0.1, 0.15) is 12.6 Å². The Hall–Kier alpha value is -3.95. The minimum Gasteiger partial charge on any atom is -0.493 e. The Kier molecular flexibility index (Phi) is 6.81. The second kappa shape index (κ2) is 9.70. The molecule has 2 aromatic heterocycles. The molecule has 3 aromatic rings. The lowest BCUT2D eigenvalue weighted by Crippen LogP contribution is -2.46. The number of ether oxygens (including phenoxy) is 2. The number of rotatable bonds is 8. The van der Waals surface area contributed by atoms with Crippen molar-refractivity contribution in [3.8, 4) is 11.5 Å². The van der Waals surface area contributed by atoms with E-state index in [1.807, 2.05) is 0 Å². The van der Waals surface area contributed by atoms with Crippen LogP contribution in [-0.2, 0) is 22.7 Å². The van der Waals surface area contributed by atoms with Crippen LogP contribution in [0.25, 0.3) is 10.9 Å². The van der Waals surface area contributed by atoms with Crippen LogP contribution in [0.4, 0.5) is 0 Å². The summed E-state index contributed by atoms with van der Waals surface area (Å²) in [5.41, 5.74) is 0.904. The van der Waals surface area contributed by atoms with E-state index in [-0.39, 0.29) is 17.8 Å². The van der Waals surface area contributed by atoms with E-state index in [9.17, 15) is 14.4 Å². The Morgan fingerprint density at radius 2 is 1.81 bits per heavy atom. The van der Waals surface area contributed by atoms with E-state index in [0.29, 0.717) is 23.6 Å². The summed E-state index contributed by atoms with van der Waals surface area (Å²) in [4.78, 5) is 45.5. The lowest BCUT2D eigenvalue weighted by Gasteiger charge is -2.15. The largest absolute Gasteiger partial charge is 0.493 e. The van der Waals surface area contributed by atoms with Crippen LogP contribution in [0.1, 0.15) is 12.5 Å². The molecule has 10 heteroatoms. The molecule has 0 aliphatic heterocycles. The van der Waals surface area contributed by atoms with Crippen molar-refractivity contribution in [1.29, 1.82) is 0 Å². The summed E-state index contributed by atoms with van der Waals surface area (Å²) in [7, 11) is 2.96. The maximum absolute atomic E-state index is 12.8. The molecule has 0 aliphatic carbocycles. The topological polar surface area (TPSA) is 124 Å². The standard InChI is InChI=1S/C21H23N5O5/c1-13(20(28)23-10-14-4-6-22-7-5-14)25-19(27)11-26-12-24-16-9-18(31-3)17(30-2)8-15(16)21(26)29/h4-9,12-13H,10-11H2,1-3H3,(H,23,28)(H,25,27)/t13-/m0/s1. The molecule has 0 radical (unpaired) electrons. The van der Waals surface area contributed by atoms with Gasteiger partial charge in [-0.2, -0.15) is 0 Å². The number of aromatic nitrogens is 3. The third-order valence-corrected chi connectivity index (χ3v) is 4.63. The van der Waals surface area contributed by atoms with Gasteiger partial charge in [-0.3, -0.25) is 23.9 Å². The molecule has 0 bridgehead atoms. The molecule has 2 heterocycles. The SMILES string of the molecule is COc1cc2ncn(CC(=O)N[C@@H](C)C(=O)NCc3ccncc3)c(=O)c2cc1OC. The second-order valence-corrected chi connectivity index (χ2v) is 6.76. The zero-order valence-electron chi connectivity index (χ0n) is 17.4. The number of pyridine rings is 1. The molecule has 0 aliphatic rings. The third kappa shape index (κ3) is 5.16. The van der Waals surface area contributed by atoms with Crippen LogP contribution in [0.2, 0.25) is 0 Å². The highest BCUT2D eigenvalue weighted by molar-refractivity contribution is 5.87. The van der Waals surface area contributed by atoms with Gasteiger partial charge < -0.3 is 20.1 Å². The van der Waals surface area contributed by atoms with Crippen molar-refractivity contribution in [3.05, 3.63) is 58.9 Å². The van der Waals surface area contributed by atoms with Gasteiger partial charge in [0.2, 0.25) is 11.8 Å². The lowest BCUT2D eigenvalue weighted by molar-refractivity contribution is -0.129. The van der Waals surface area contributed by atoms with Crippen LogP contribution in [0.15, 0.2) is 47.8 Å². The molecule has 162 valence electrons. The molecule has 10 nitrogen and oxygen atoms in total. The molecule has 2 N–H and O–H groups in total. The molecule has 0 saturated heterocycles. The summed E-state index contributed by atoms with van der Waals surface area (Å²) in [5.74, 6) is 0.000790. The van der Waals surface area contributed by atoms with Gasteiger partial charge in [0, 0.05) is 25.0 Å². The molecule has 0 unspecified atom stereocenters. The van der Waals surface area contributed by atoms with Gasteiger partial charge in [-0.15, -0.1) is 0 Å². The van der Waals surface area contributed by atoms with E-state index in [1.165, 1.54) is 31.2 Å². The van der Waals surface area contributed by atoms with E-state index in [2.05, 4.69) is 20.6 Å². The van der Waals surface area contributed by atoms with Crippen LogP contribution in [-0.4, -0.2) is 46.6 Å². The number of carbonyl (C=O) groups excluding carboxylic acids is 2. The predicted octanol–water partition coefficient (Wildman–Crippen LogP) is 0.630. The monoisotopic (exact) mass is 425 g/mol. The van der Waals surface area contributed by atoms with Crippen molar-refractivity contribution in [3.63, 3.8) is 0 Å². The van der Waals surface area contributed by atoms with E-state index in [4.69, 9.17) is 9.47 Å². The maximum atomic E-state index is 12.8. The Bertz CT molecular complexity index is 1150. The molecular weight excluding hydrogens is 402 g/mol. The summed E-state index contributed by atoms with van der Waals surface area (Å²) in [5, 5.41) is 5.61. The zero-order chi connectivity index (χ0) is 22.4. The van der Waals surface area contributed by atoms with Gasteiger partial charge in [-0.05, 0) is 30.7 Å². The summed E-state index contributed by atoms with van der Waals surface area (Å²) < 4.78 is 11.6. The first kappa shape index (κ1) is 21.8. The quantitative estimate of drug-likeness (QED) is 0.542. The first-order valence-electron chi connectivity index (χ1n) is 9.50. The highest BCUT2D eigenvalue weighted by Crippen LogP contribution is 2.29. The van der Waals surface area contributed by atoms with Crippen molar-refractivity contribution >= 4 is 22.7 Å². The van der Waals surface area contributed by atoms with Gasteiger partial charge in [-0.1, -0.05) is 0 Å². The minimum atomic E-state index is -0.775. The van der Waals surface area contributed by atoms with Gasteiger partial charge in [0.15, 0.2) is 11.5 Å². The number of benzene rings is 1. The van der Waals surface area contributed by atoms with E-state index in [1.54, 1.807) is 37.5 Å². The molecule has 1 atom stereocenters. The van der Waals surface area contributed by atoms with Crippen LogP contribution in [0.3, 0.4) is 0 Å². The molecule has 0 saturated carbocycles. The third-order valence-electron chi connectivity index (χ3n) is 4.63. The molecule has 1 aromatic carbocycles. The summed E-state index contributed by atoms with van der Waals surface area (Å²) >= 11 is 0.